The van der Waals surface area contributed by atoms with Crippen molar-refractivity contribution >= 4 is 21.5 Å². The summed E-state index contributed by atoms with van der Waals surface area (Å²) in [6.45, 7) is 18.3. The lowest BCUT2D eigenvalue weighted by Gasteiger charge is -2.22. The Morgan fingerprint density at radius 1 is 0.283 bits per heavy atom. The van der Waals surface area contributed by atoms with Crippen molar-refractivity contribution in [2.45, 2.75) is 66.2 Å². The van der Waals surface area contributed by atoms with Gasteiger partial charge in [0.1, 0.15) is 0 Å². The topological polar surface area (TPSA) is 0 Å². The maximum absolute atomic E-state index is 2.46. The molecule has 0 heterocycles. The Kier molecular flexibility index (Phi) is 7.92. The van der Waals surface area contributed by atoms with Crippen molar-refractivity contribution < 1.29 is 0 Å². The second kappa shape index (κ2) is 13.0. The van der Waals surface area contributed by atoms with Crippen LogP contribution in [-0.2, 0) is 10.8 Å². The third-order valence-electron chi connectivity index (χ3n) is 13.4. The highest BCUT2D eigenvalue weighted by Gasteiger charge is 2.36. The van der Waals surface area contributed by atoms with E-state index in [1.165, 1.54) is 133 Å². The number of aryl methyl sites for hydroxylation is 2. The van der Waals surface area contributed by atoms with E-state index in [-0.39, 0.29) is 10.8 Å². The van der Waals surface area contributed by atoms with E-state index < -0.39 is 0 Å². The van der Waals surface area contributed by atoms with Crippen molar-refractivity contribution in [2.24, 2.45) is 0 Å². The Morgan fingerprint density at radius 2 is 0.633 bits per heavy atom. The SMILES string of the molecule is Cc1cccc(-c2c3c(c(-c4cccc(C)c4)c4ccccc24)-c2ccc4c5c(ccc-3c25)-c2c(-c3cccc(C(C)(C)C)c3)ccc(-c3cccc(C(C)(C)C)c3)c2-4)c1. The molecule has 0 unspecified atom stereocenters. The average molecular weight is 771 g/mol. The smallest absolute Gasteiger partial charge is 0.000740 e. The summed E-state index contributed by atoms with van der Waals surface area (Å²) in [5, 5.41) is 5.34. The fraction of sp³-hybridized carbons (Fsp3) is 0.167. The number of benzene rings is 9. The zero-order chi connectivity index (χ0) is 41.2. The predicted molar refractivity (Wildman–Crippen MR) is 259 cm³/mol. The van der Waals surface area contributed by atoms with E-state index in [4.69, 9.17) is 0 Å². The van der Waals surface area contributed by atoms with Crippen LogP contribution in [0.15, 0.2) is 158 Å². The normalized spacial score (nSPS) is 12.7. The van der Waals surface area contributed by atoms with Gasteiger partial charge in [0.2, 0.25) is 0 Å². The number of hydrogen-bond donors (Lipinski definition) is 0. The molecular weight excluding hydrogens is 721 g/mol. The van der Waals surface area contributed by atoms with E-state index in [0.717, 1.165) is 0 Å². The van der Waals surface area contributed by atoms with Crippen LogP contribution in [0.3, 0.4) is 0 Å². The van der Waals surface area contributed by atoms with Crippen LogP contribution in [0.2, 0.25) is 0 Å². The van der Waals surface area contributed by atoms with Crippen molar-refractivity contribution in [3.63, 3.8) is 0 Å². The highest BCUT2D eigenvalue weighted by Crippen LogP contribution is 2.63. The molecule has 2 aliphatic carbocycles. The molecular formula is C60H50. The molecule has 290 valence electrons. The Labute approximate surface area is 355 Å². The molecule has 0 fully saturated rings. The summed E-state index contributed by atoms with van der Waals surface area (Å²) in [6, 6.07) is 60.5. The molecule has 0 heteroatoms. The molecule has 0 radical (unpaired) electrons. The molecule has 0 aromatic heterocycles. The zero-order valence-corrected chi connectivity index (χ0v) is 36.0. The molecule has 0 atom stereocenters. The average Bonchev–Trinajstić information content (AvgIpc) is 3.75. The van der Waals surface area contributed by atoms with Gasteiger partial charge in [0.05, 0.1) is 0 Å². The summed E-state index contributed by atoms with van der Waals surface area (Å²) in [4.78, 5) is 0. The van der Waals surface area contributed by atoms with Gasteiger partial charge in [0.25, 0.3) is 0 Å². The van der Waals surface area contributed by atoms with Crippen LogP contribution in [0.4, 0.5) is 0 Å². The van der Waals surface area contributed by atoms with E-state index in [2.05, 4.69) is 213 Å². The van der Waals surface area contributed by atoms with Gasteiger partial charge in [-0.2, -0.15) is 0 Å². The van der Waals surface area contributed by atoms with Crippen LogP contribution in [0.1, 0.15) is 63.8 Å². The van der Waals surface area contributed by atoms with Gasteiger partial charge in [-0.05, 0) is 146 Å². The molecule has 0 saturated carbocycles. The predicted octanol–water partition coefficient (Wildman–Crippen LogP) is 17.2. The lowest BCUT2D eigenvalue weighted by Crippen LogP contribution is -2.11. The highest BCUT2D eigenvalue weighted by atomic mass is 14.4. The molecule has 0 saturated heterocycles. The molecule has 0 spiro atoms. The molecule has 0 nitrogen and oxygen atoms in total. The van der Waals surface area contributed by atoms with Crippen LogP contribution >= 0.6 is 0 Å². The van der Waals surface area contributed by atoms with E-state index in [0.29, 0.717) is 0 Å². The number of rotatable bonds is 4. The van der Waals surface area contributed by atoms with Crippen molar-refractivity contribution in [3.05, 3.63) is 180 Å². The van der Waals surface area contributed by atoms with Crippen LogP contribution in [-0.4, -0.2) is 0 Å². The van der Waals surface area contributed by atoms with E-state index in [9.17, 15) is 0 Å². The fourth-order valence-electron chi connectivity index (χ4n) is 10.5. The largest absolute Gasteiger partial charge is 0.0616 e. The Hall–Kier alpha value is -6.50. The molecule has 11 rings (SSSR count). The minimum atomic E-state index is 0.0391. The van der Waals surface area contributed by atoms with Crippen molar-refractivity contribution in [2.75, 3.05) is 0 Å². The fourth-order valence-corrected chi connectivity index (χ4v) is 10.5. The summed E-state index contributed by atoms with van der Waals surface area (Å²) >= 11 is 0. The minimum Gasteiger partial charge on any atom is -0.0616 e. The number of fused-ring (bicyclic) bond motifs is 7. The van der Waals surface area contributed by atoms with E-state index >= 15 is 0 Å². The summed E-state index contributed by atoms with van der Waals surface area (Å²) in [5.41, 5.74) is 26.3. The van der Waals surface area contributed by atoms with Gasteiger partial charge in [0, 0.05) is 0 Å². The third-order valence-corrected chi connectivity index (χ3v) is 13.4. The van der Waals surface area contributed by atoms with Gasteiger partial charge >= 0.3 is 0 Å². The second-order valence-electron chi connectivity index (χ2n) is 19.4. The summed E-state index contributed by atoms with van der Waals surface area (Å²) in [6.07, 6.45) is 0. The van der Waals surface area contributed by atoms with Gasteiger partial charge in [-0.15, -0.1) is 0 Å². The Bertz CT molecular complexity index is 3070. The maximum Gasteiger partial charge on any atom is -0.000740 e. The summed E-state index contributed by atoms with van der Waals surface area (Å²) < 4.78 is 0. The highest BCUT2D eigenvalue weighted by molar-refractivity contribution is 6.33. The zero-order valence-electron chi connectivity index (χ0n) is 36.0. The standard InChI is InChI=1S/C60H50/c1-35-15-11-19-39(31-35)51-45-23-9-10-24-46(45)52(40-20-12-16-36(2)32-40)58-50-30-28-48-54-44(38-18-14-22-42(34-38)60(6,7)8)26-25-43(37-17-13-21-41(33-37)59(3,4)5)53(54)47-27-29-49(57(51)58)56(50)55(47)48/h9-34H,1-8H3. The third kappa shape index (κ3) is 5.43. The molecule has 9 aromatic rings. The molecule has 0 aliphatic heterocycles. The number of hydrogen-bond acceptors (Lipinski definition) is 0. The molecule has 2 aliphatic rings. The van der Waals surface area contributed by atoms with Gasteiger partial charge in [-0.25, -0.2) is 0 Å². The van der Waals surface area contributed by atoms with Crippen LogP contribution in [0.25, 0.3) is 111 Å². The molecule has 0 bridgehead atoms. The van der Waals surface area contributed by atoms with Gasteiger partial charge in [-0.1, -0.05) is 210 Å². The lowest BCUT2D eigenvalue weighted by molar-refractivity contribution is 0.590. The van der Waals surface area contributed by atoms with Gasteiger partial charge < -0.3 is 0 Å². The van der Waals surface area contributed by atoms with Crippen LogP contribution in [0.5, 0.6) is 0 Å². The monoisotopic (exact) mass is 770 g/mol. The molecule has 0 amide bonds. The molecule has 0 N–H and O–H groups in total. The van der Waals surface area contributed by atoms with Crippen molar-refractivity contribution in [1.82, 2.24) is 0 Å². The van der Waals surface area contributed by atoms with Crippen molar-refractivity contribution in [1.29, 1.82) is 0 Å². The van der Waals surface area contributed by atoms with Crippen LogP contribution in [0, 0.1) is 13.8 Å². The van der Waals surface area contributed by atoms with E-state index in [1.807, 2.05) is 0 Å². The molecule has 60 heavy (non-hydrogen) atoms. The lowest BCUT2D eigenvalue weighted by atomic mass is 9.81. The Morgan fingerprint density at radius 3 is 1.02 bits per heavy atom. The van der Waals surface area contributed by atoms with Crippen molar-refractivity contribution in [3.8, 4) is 89.0 Å². The van der Waals surface area contributed by atoms with Crippen LogP contribution < -0.4 is 0 Å². The second-order valence-corrected chi connectivity index (χ2v) is 19.4. The Balaban J connectivity index is 1.27. The first-order valence-corrected chi connectivity index (χ1v) is 21.6. The van der Waals surface area contributed by atoms with Gasteiger partial charge in [-0.3, -0.25) is 0 Å². The first-order valence-electron chi connectivity index (χ1n) is 21.6. The molecule has 9 aromatic carbocycles. The van der Waals surface area contributed by atoms with Gasteiger partial charge in [0.15, 0.2) is 0 Å². The summed E-state index contributed by atoms with van der Waals surface area (Å²) in [7, 11) is 0. The first-order chi connectivity index (χ1) is 28.9. The minimum absolute atomic E-state index is 0.0391. The summed E-state index contributed by atoms with van der Waals surface area (Å²) in [5.74, 6) is 0. The first kappa shape index (κ1) is 36.6. The quantitative estimate of drug-likeness (QED) is 0.167. The van der Waals surface area contributed by atoms with E-state index in [1.54, 1.807) is 0 Å². The maximum atomic E-state index is 2.46.